The van der Waals surface area contributed by atoms with E-state index in [-0.39, 0.29) is 0 Å². The minimum Gasteiger partial charge on any atom is -0.381 e. The summed E-state index contributed by atoms with van der Waals surface area (Å²) in [7, 11) is 0. The second-order valence-corrected chi connectivity index (χ2v) is 5.07. The van der Waals surface area contributed by atoms with Gasteiger partial charge in [-0.05, 0) is 30.9 Å². The van der Waals surface area contributed by atoms with E-state index in [1.165, 1.54) is 22.9 Å². The molecule has 1 fully saturated rings. The lowest BCUT2D eigenvalue weighted by atomic mass is 10.1. The summed E-state index contributed by atoms with van der Waals surface area (Å²) in [5.74, 6) is 0. The molecule has 1 atom stereocenters. The fraction of sp³-hybridized carbons (Fsp3) is 0.538. The first-order valence-corrected chi connectivity index (χ1v) is 6.70. The molecule has 88 valence electrons. The molecule has 0 bridgehead atoms. The predicted octanol–water partition coefficient (Wildman–Crippen LogP) is 3.11. The van der Waals surface area contributed by atoms with Crippen LogP contribution >= 0.6 is 15.9 Å². The summed E-state index contributed by atoms with van der Waals surface area (Å²) in [6.45, 7) is 2.76. The predicted molar refractivity (Wildman–Crippen MR) is 69.4 cm³/mol. The summed E-state index contributed by atoms with van der Waals surface area (Å²) >= 11 is 3.57. The Morgan fingerprint density at radius 3 is 3.00 bits per heavy atom. The molecule has 1 aromatic rings. The third-order valence-electron chi connectivity index (χ3n) is 2.99. The van der Waals surface area contributed by atoms with Crippen LogP contribution in [0.3, 0.4) is 0 Å². The number of nitrogens with one attached hydrogen (secondary N) is 1. The molecule has 2 rings (SSSR count). The number of hydrogen-bond donors (Lipinski definition) is 1. The Labute approximate surface area is 106 Å². The van der Waals surface area contributed by atoms with Gasteiger partial charge < -0.3 is 10.1 Å². The van der Waals surface area contributed by atoms with Crippen molar-refractivity contribution in [3.63, 3.8) is 0 Å². The van der Waals surface area contributed by atoms with Gasteiger partial charge in [-0.1, -0.05) is 34.1 Å². The fourth-order valence-corrected chi connectivity index (χ4v) is 2.43. The lowest BCUT2D eigenvalue weighted by molar-refractivity contribution is 0.142. The van der Waals surface area contributed by atoms with E-state index in [2.05, 4.69) is 39.4 Å². The molecule has 1 heterocycles. The van der Waals surface area contributed by atoms with Gasteiger partial charge in [-0.2, -0.15) is 0 Å². The van der Waals surface area contributed by atoms with Crippen LogP contribution in [-0.2, 0) is 11.3 Å². The lowest BCUT2D eigenvalue weighted by Gasteiger charge is -2.16. The fourth-order valence-electron chi connectivity index (χ4n) is 2.00. The highest BCUT2D eigenvalue weighted by molar-refractivity contribution is 9.10. The summed E-state index contributed by atoms with van der Waals surface area (Å²) in [5, 5.41) is 3.61. The molecular weight excluding hydrogens is 266 g/mol. The van der Waals surface area contributed by atoms with E-state index in [1.54, 1.807) is 0 Å². The molecule has 1 aliphatic rings. The van der Waals surface area contributed by atoms with E-state index in [0.29, 0.717) is 6.04 Å². The van der Waals surface area contributed by atoms with E-state index in [9.17, 15) is 0 Å². The van der Waals surface area contributed by atoms with Crippen LogP contribution in [0.25, 0.3) is 0 Å². The Hall–Kier alpha value is -0.380. The highest BCUT2D eigenvalue weighted by Gasteiger charge is 2.11. The summed E-state index contributed by atoms with van der Waals surface area (Å²) in [4.78, 5) is 0. The minimum absolute atomic E-state index is 0.606. The third kappa shape index (κ3) is 3.58. The van der Waals surface area contributed by atoms with Gasteiger partial charge >= 0.3 is 0 Å². The second kappa shape index (κ2) is 6.38. The molecule has 1 aromatic carbocycles. The van der Waals surface area contributed by atoms with E-state index in [4.69, 9.17) is 4.74 Å². The number of halogens is 1. The van der Waals surface area contributed by atoms with Crippen LogP contribution < -0.4 is 5.32 Å². The van der Waals surface area contributed by atoms with Crippen molar-refractivity contribution in [2.45, 2.75) is 31.8 Å². The summed E-state index contributed by atoms with van der Waals surface area (Å²) in [6.07, 6.45) is 3.53. The number of rotatable bonds is 3. The number of benzene rings is 1. The van der Waals surface area contributed by atoms with Crippen LogP contribution in [0, 0.1) is 0 Å². The average Bonchev–Trinajstić information content (AvgIpc) is 2.56. The quantitative estimate of drug-likeness (QED) is 0.921. The first-order chi connectivity index (χ1) is 7.86. The van der Waals surface area contributed by atoms with E-state index in [1.807, 2.05) is 6.07 Å². The molecule has 0 aliphatic carbocycles. The molecule has 0 radical (unpaired) electrons. The van der Waals surface area contributed by atoms with Crippen molar-refractivity contribution in [2.24, 2.45) is 0 Å². The minimum atomic E-state index is 0.606. The van der Waals surface area contributed by atoms with Crippen LogP contribution in [0.5, 0.6) is 0 Å². The van der Waals surface area contributed by atoms with E-state index < -0.39 is 0 Å². The smallest absolute Gasteiger partial charge is 0.0480 e. The van der Waals surface area contributed by atoms with Crippen molar-refractivity contribution in [2.75, 3.05) is 13.2 Å². The van der Waals surface area contributed by atoms with Gasteiger partial charge in [-0.3, -0.25) is 0 Å². The topological polar surface area (TPSA) is 21.3 Å². The van der Waals surface area contributed by atoms with Gasteiger partial charge in [0.1, 0.15) is 0 Å². The van der Waals surface area contributed by atoms with Gasteiger partial charge in [0.05, 0.1) is 0 Å². The normalized spacial score (nSPS) is 21.7. The first kappa shape index (κ1) is 12.1. The van der Waals surface area contributed by atoms with Crippen molar-refractivity contribution in [3.8, 4) is 0 Å². The van der Waals surface area contributed by atoms with Crippen LogP contribution in [0.1, 0.15) is 24.8 Å². The van der Waals surface area contributed by atoms with Crippen molar-refractivity contribution < 1.29 is 4.74 Å². The molecule has 0 amide bonds. The Morgan fingerprint density at radius 2 is 2.12 bits per heavy atom. The van der Waals surface area contributed by atoms with Gasteiger partial charge in [0, 0.05) is 30.3 Å². The summed E-state index contributed by atoms with van der Waals surface area (Å²) in [5.41, 5.74) is 1.33. The number of hydrogen-bond acceptors (Lipinski definition) is 2. The molecule has 0 saturated carbocycles. The van der Waals surface area contributed by atoms with Gasteiger partial charge in [0.2, 0.25) is 0 Å². The van der Waals surface area contributed by atoms with Crippen LogP contribution in [0.15, 0.2) is 28.7 Å². The maximum Gasteiger partial charge on any atom is 0.0480 e. The zero-order valence-electron chi connectivity index (χ0n) is 9.42. The van der Waals surface area contributed by atoms with Crippen molar-refractivity contribution in [3.05, 3.63) is 34.3 Å². The molecule has 1 N–H and O–H groups in total. The first-order valence-electron chi connectivity index (χ1n) is 5.91. The van der Waals surface area contributed by atoms with Gasteiger partial charge in [0.25, 0.3) is 0 Å². The molecule has 0 spiro atoms. The molecule has 0 aromatic heterocycles. The Balaban J connectivity index is 1.84. The molecule has 2 nitrogen and oxygen atoms in total. The zero-order valence-corrected chi connectivity index (χ0v) is 11.0. The molecular formula is C13H18BrNO. The SMILES string of the molecule is Brc1ccccc1CN[C@@H]1CCCOCC1. The monoisotopic (exact) mass is 283 g/mol. The van der Waals surface area contributed by atoms with Crippen LogP contribution in [0.4, 0.5) is 0 Å². The molecule has 0 unspecified atom stereocenters. The summed E-state index contributed by atoms with van der Waals surface area (Å²) in [6, 6.07) is 8.98. The average molecular weight is 284 g/mol. The maximum atomic E-state index is 5.45. The third-order valence-corrected chi connectivity index (χ3v) is 3.76. The molecule has 1 aliphatic heterocycles. The maximum absolute atomic E-state index is 5.45. The molecule has 3 heteroatoms. The Morgan fingerprint density at radius 1 is 1.25 bits per heavy atom. The Bertz CT molecular complexity index is 321. The van der Waals surface area contributed by atoms with Crippen LogP contribution in [0.2, 0.25) is 0 Å². The van der Waals surface area contributed by atoms with E-state index >= 15 is 0 Å². The largest absolute Gasteiger partial charge is 0.381 e. The highest BCUT2D eigenvalue weighted by Crippen LogP contribution is 2.16. The molecule has 16 heavy (non-hydrogen) atoms. The number of ether oxygens (including phenoxy) is 1. The van der Waals surface area contributed by atoms with Crippen molar-refractivity contribution in [1.82, 2.24) is 5.32 Å². The van der Waals surface area contributed by atoms with Crippen molar-refractivity contribution >= 4 is 15.9 Å². The zero-order chi connectivity index (χ0) is 11.2. The highest BCUT2D eigenvalue weighted by atomic mass is 79.9. The summed E-state index contributed by atoms with van der Waals surface area (Å²) < 4.78 is 6.64. The second-order valence-electron chi connectivity index (χ2n) is 4.21. The molecule has 1 saturated heterocycles. The van der Waals surface area contributed by atoms with Gasteiger partial charge in [-0.15, -0.1) is 0 Å². The Kier molecular flexibility index (Phi) is 4.82. The standard InChI is InChI=1S/C13H18BrNO/c14-13-6-2-1-4-11(13)10-15-12-5-3-8-16-9-7-12/h1-2,4,6,12,15H,3,5,7-10H2/t12-/m1/s1. The van der Waals surface area contributed by atoms with Crippen LogP contribution in [-0.4, -0.2) is 19.3 Å². The van der Waals surface area contributed by atoms with Gasteiger partial charge in [0.15, 0.2) is 0 Å². The lowest BCUT2D eigenvalue weighted by Crippen LogP contribution is -2.28. The van der Waals surface area contributed by atoms with Crippen molar-refractivity contribution in [1.29, 1.82) is 0 Å². The van der Waals surface area contributed by atoms with Gasteiger partial charge in [-0.25, -0.2) is 0 Å². The van der Waals surface area contributed by atoms with E-state index in [0.717, 1.165) is 26.2 Å².